The summed E-state index contributed by atoms with van der Waals surface area (Å²) < 4.78 is 0. The van der Waals surface area contributed by atoms with Gasteiger partial charge in [-0.2, -0.15) is 0 Å². The first-order chi connectivity index (χ1) is 14.1. The first-order valence-corrected chi connectivity index (χ1v) is 10.9. The largest absolute Gasteiger partial charge is 0.326 e. The van der Waals surface area contributed by atoms with Gasteiger partial charge in [0.15, 0.2) is 0 Å². The lowest BCUT2D eigenvalue weighted by Crippen LogP contribution is -2.48. The van der Waals surface area contributed by atoms with Crippen molar-refractivity contribution < 1.29 is 14.4 Å². The number of likely N-dealkylation sites (tertiary alicyclic amines) is 2. The molecule has 3 fully saturated rings. The molecule has 0 saturated carbocycles. The Hall–Kier alpha value is -2.57. The topological polar surface area (TPSA) is 73.0 Å². The third kappa shape index (κ3) is 4.54. The number of urea groups is 1. The first-order valence-electron chi connectivity index (χ1n) is 10.9. The molecule has 7 heteroatoms. The van der Waals surface area contributed by atoms with E-state index in [0.29, 0.717) is 18.7 Å². The zero-order chi connectivity index (χ0) is 20.2. The van der Waals surface area contributed by atoms with Crippen molar-refractivity contribution in [2.45, 2.75) is 44.9 Å². The number of hydrogen-bond acceptors (Lipinski definition) is 3. The van der Waals surface area contributed by atoms with E-state index in [1.165, 1.54) is 0 Å². The highest BCUT2D eigenvalue weighted by molar-refractivity contribution is 5.96. The van der Waals surface area contributed by atoms with Crippen molar-refractivity contribution >= 4 is 29.2 Å². The van der Waals surface area contributed by atoms with Crippen LogP contribution >= 0.6 is 0 Å². The monoisotopic (exact) mass is 398 g/mol. The zero-order valence-corrected chi connectivity index (χ0v) is 16.9. The van der Waals surface area contributed by atoms with Gasteiger partial charge in [-0.3, -0.25) is 9.59 Å². The second kappa shape index (κ2) is 8.84. The van der Waals surface area contributed by atoms with E-state index < -0.39 is 0 Å². The van der Waals surface area contributed by atoms with E-state index >= 15 is 0 Å². The van der Waals surface area contributed by atoms with Crippen LogP contribution in [0.3, 0.4) is 0 Å². The Morgan fingerprint density at radius 1 is 0.931 bits per heavy atom. The van der Waals surface area contributed by atoms with Crippen LogP contribution in [0.5, 0.6) is 0 Å². The summed E-state index contributed by atoms with van der Waals surface area (Å²) in [4.78, 5) is 43.2. The van der Waals surface area contributed by atoms with Crippen molar-refractivity contribution in [2.24, 2.45) is 5.92 Å². The summed E-state index contributed by atoms with van der Waals surface area (Å²) in [5.41, 5.74) is 1.54. The van der Waals surface area contributed by atoms with Gasteiger partial charge >= 0.3 is 6.03 Å². The van der Waals surface area contributed by atoms with Crippen LogP contribution in [0.2, 0.25) is 0 Å². The highest BCUT2D eigenvalue weighted by Gasteiger charge is 2.31. The molecule has 3 heterocycles. The lowest BCUT2D eigenvalue weighted by Gasteiger charge is -2.34. The van der Waals surface area contributed by atoms with E-state index in [1.54, 1.807) is 4.90 Å². The van der Waals surface area contributed by atoms with E-state index in [9.17, 15) is 14.4 Å². The van der Waals surface area contributed by atoms with Gasteiger partial charge in [-0.1, -0.05) is 6.07 Å². The van der Waals surface area contributed by atoms with Gasteiger partial charge in [0.2, 0.25) is 11.8 Å². The summed E-state index contributed by atoms with van der Waals surface area (Å²) in [5.74, 6) is -0.107. The molecule has 3 saturated heterocycles. The van der Waals surface area contributed by atoms with Gasteiger partial charge in [0, 0.05) is 50.5 Å². The average Bonchev–Trinajstić information content (AvgIpc) is 3.29. The lowest BCUT2D eigenvalue weighted by atomic mass is 9.97. The van der Waals surface area contributed by atoms with E-state index in [1.807, 2.05) is 34.1 Å². The molecule has 3 aliphatic rings. The number of piperidine rings is 2. The second-order valence-corrected chi connectivity index (χ2v) is 8.30. The van der Waals surface area contributed by atoms with Crippen LogP contribution in [0.4, 0.5) is 16.2 Å². The molecule has 0 radical (unpaired) electrons. The quantitative estimate of drug-likeness (QED) is 0.850. The summed E-state index contributed by atoms with van der Waals surface area (Å²) in [5, 5.41) is 3.01. The van der Waals surface area contributed by atoms with Gasteiger partial charge in [-0.25, -0.2) is 4.79 Å². The summed E-state index contributed by atoms with van der Waals surface area (Å²) in [6.07, 6.45) is 6.31. The van der Waals surface area contributed by atoms with Crippen LogP contribution in [0.15, 0.2) is 24.3 Å². The predicted molar refractivity (Wildman–Crippen MR) is 112 cm³/mol. The normalized spacial score (nSPS) is 22.7. The van der Waals surface area contributed by atoms with E-state index in [-0.39, 0.29) is 23.8 Å². The van der Waals surface area contributed by atoms with Gasteiger partial charge in [0.05, 0.1) is 5.92 Å². The van der Waals surface area contributed by atoms with Crippen molar-refractivity contribution in [2.75, 3.05) is 42.9 Å². The number of benzene rings is 1. The van der Waals surface area contributed by atoms with E-state index in [2.05, 4.69) is 5.32 Å². The fourth-order valence-corrected chi connectivity index (χ4v) is 4.55. The highest BCUT2D eigenvalue weighted by atomic mass is 16.2. The molecule has 1 N–H and O–H groups in total. The third-order valence-electron chi connectivity index (χ3n) is 6.19. The number of carbonyl (C=O) groups is 3. The number of rotatable bonds is 3. The molecule has 0 unspecified atom stereocenters. The summed E-state index contributed by atoms with van der Waals surface area (Å²) in [7, 11) is 0. The molecule has 1 atom stereocenters. The molecule has 0 bridgehead atoms. The molecule has 0 aliphatic carbocycles. The van der Waals surface area contributed by atoms with Gasteiger partial charge in [0.25, 0.3) is 0 Å². The molecule has 29 heavy (non-hydrogen) atoms. The Morgan fingerprint density at radius 2 is 1.69 bits per heavy atom. The van der Waals surface area contributed by atoms with Gasteiger partial charge < -0.3 is 20.0 Å². The Balaban J connectivity index is 1.38. The van der Waals surface area contributed by atoms with Crippen LogP contribution in [-0.2, 0) is 9.59 Å². The van der Waals surface area contributed by atoms with Gasteiger partial charge in [-0.05, 0) is 56.7 Å². The summed E-state index contributed by atoms with van der Waals surface area (Å²) in [6, 6.07) is 7.58. The molecule has 4 amide bonds. The van der Waals surface area contributed by atoms with Crippen molar-refractivity contribution in [1.82, 2.24) is 9.80 Å². The van der Waals surface area contributed by atoms with Crippen molar-refractivity contribution in [3.05, 3.63) is 24.3 Å². The SMILES string of the molecule is O=C(Nc1cccc(N2CCCCC2=O)c1)[C@H]1CCCN(C(=O)N2CCCC2)C1. The molecule has 0 spiro atoms. The second-order valence-electron chi connectivity index (χ2n) is 8.30. The first kappa shape index (κ1) is 19.7. The molecule has 7 nitrogen and oxygen atoms in total. The number of amides is 4. The minimum Gasteiger partial charge on any atom is -0.326 e. The predicted octanol–water partition coefficient (Wildman–Crippen LogP) is 3.07. The molecular formula is C22H30N4O3. The van der Waals surface area contributed by atoms with Crippen molar-refractivity contribution in [3.8, 4) is 0 Å². The maximum absolute atomic E-state index is 12.9. The Bertz CT molecular complexity index is 775. The highest BCUT2D eigenvalue weighted by Crippen LogP contribution is 2.25. The summed E-state index contributed by atoms with van der Waals surface area (Å²) in [6.45, 7) is 3.59. The maximum atomic E-state index is 12.9. The van der Waals surface area contributed by atoms with Crippen LogP contribution in [0.25, 0.3) is 0 Å². The smallest absolute Gasteiger partial charge is 0.320 e. The molecule has 1 aromatic rings. The molecule has 4 rings (SSSR count). The maximum Gasteiger partial charge on any atom is 0.320 e. The Labute approximate surface area is 172 Å². The zero-order valence-electron chi connectivity index (χ0n) is 16.9. The average molecular weight is 399 g/mol. The van der Waals surface area contributed by atoms with Crippen LogP contribution in [-0.4, -0.2) is 60.4 Å². The third-order valence-corrected chi connectivity index (χ3v) is 6.19. The molecule has 1 aromatic carbocycles. The number of carbonyl (C=O) groups excluding carboxylic acids is 3. The standard InChI is InChI=1S/C22H30N4O3/c27-20-10-1-2-14-26(20)19-9-5-8-18(15-19)23-21(28)17-7-6-13-25(16-17)22(29)24-11-3-4-12-24/h5,8-9,15,17H,1-4,6-7,10-14,16H2,(H,23,28)/t17-/m0/s1. The fourth-order valence-electron chi connectivity index (χ4n) is 4.55. The fraction of sp³-hybridized carbons (Fsp3) is 0.591. The number of nitrogens with one attached hydrogen (secondary N) is 1. The number of hydrogen-bond donors (Lipinski definition) is 1. The Morgan fingerprint density at radius 3 is 2.48 bits per heavy atom. The van der Waals surface area contributed by atoms with Crippen molar-refractivity contribution in [3.63, 3.8) is 0 Å². The lowest BCUT2D eigenvalue weighted by molar-refractivity contribution is -0.121. The minimum absolute atomic E-state index is 0.0500. The van der Waals surface area contributed by atoms with Gasteiger partial charge in [0.1, 0.15) is 0 Å². The molecule has 0 aromatic heterocycles. The molecule has 3 aliphatic heterocycles. The number of nitrogens with zero attached hydrogens (tertiary/aromatic N) is 3. The van der Waals surface area contributed by atoms with E-state index in [0.717, 1.165) is 70.4 Å². The minimum atomic E-state index is -0.199. The van der Waals surface area contributed by atoms with Gasteiger partial charge in [-0.15, -0.1) is 0 Å². The molecular weight excluding hydrogens is 368 g/mol. The van der Waals surface area contributed by atoms with Crippen LogP contribution in [0, 0.1) is 5.92 Å². The summed E-state index contributed by atoms with van der Waals surface area (Å²) >= 11 is 0. The molecule has 156 valence electrons. The Kier molecular flexibility index (Phi) is 6.02. The van der Waals surface area contributed by atoms with Crippen LogP contribution < -0.4 is 10.2 Å². The number of anilines is 2. The van der Waals surface area contributed by atoms with E-state index in [4.69, 9.17) is 0 Å². The van der Waals surface area contributed by atoms with Crippen LogP contribution in [0.1, 0.15) is 44.9 Å². The van der Waals surface area contributed by atoms with Crippen molar-refractivity contribution in [1.29, 1.82) is 0 Å².